The Labute approximate surface area is 142 Å². The van der Waals surface area contributed by atoms with Crippen LogP contribution >= 0.6 is 0 Å². The summed E-state index contributed by atoms with van der Waals surface area (Å²) in [5.74, 6) is 1.72. The summed E-state index contributed by atoms with van der Waals surface area (Å²) in [6.45, 7) is 2.97. The first kappa shape index (κ1) is 14.9. The predicted molar refractivity (Wildman–Crippen MR) is 94.0 cm³/mol. The summed E-state index contributed by atoms with van der Waals surface area (Å²) < 4.78 is 2.27. The van der Waals surface area contributed by atoms with E-state index in [1.54, 1.807) is 0 Å². The van der Waals surface area contributed by atoms with Gasteiger partial charge < -0.3 is 9.47 Å². The number of piperidine rings is 1. The Hall–Kier alpha value is -2.69. The first-order valence-electron chi connectivity index (χ1n) is 8.45. The van der Waals surface area contributed by atoms with Gasteiger partial charge in [-0.05, 0) is 36.6 Å². The molecule has 4 rings (SSSR count). The number of aromatic nitrogens is 4. The molecule has 1 aliphatic rings. The zero-order valence-corrected chi connectivity index (χ0v) is 13.6. The van der Waals surface area contributed by atoms with Crippen LogP contribution in [0.2, 0.25) is 0 Å². The van der Waals surface area contributed by atoms with E-state index < -0.39 is 0 Å². The molecule has 0 atom stereocenters. The van der Waals surface area contributed by atoms with E-state index >= 15 is 0 Å². The third kappa shape index (κ3) is 3.15. The van der Waals surface area contributed by atoms with Crippen molar-refractivity contribution in [1.29, 1.82) is 0 Å². The van der Waals surface area contributed by atoms with Crippen molar-refractivity contribution in [2.24, 2.45) is 0 Å². The standard InChI is InChI=1S/C19H21N5/c1-2-16(14-21-7-1)15-24-13-10-22-19(24)17-5-11-23(12-6-17)18-3-8-20-9-4-18/h1-4,7-10,13-14,17H,5-6,11-12,15H2. The highest BCUT2D eigenvalue weighted by Crippen LogP contribution is 2.29. The lowest BCUT2D eigenvalue weighted by Gasteiger charge is -2.33. The van der Waals surface area contributed by atoms with E-state index in [1.807, 2.05) is 37.1 Å². The Balaban J connectivity index is 1.44. The molecule has 0 bridgehead atoms. The smallest absolute Gasteiger partial charge is 0.112 e. The lowest BCUT2D eigenvalue weighted by molar-refractivity contribution is 0.470. The summed E-state index contributed by atoms with van der Waals surface area (Å²) in [6.07, 6.45) is 13.7. The van der Waals surface area contributed by atoms with E-state index in [9.17, 15) is 0 Å². The number of pyridine rings is 2. The van der Waals surface area contributed by atoms with Gasteiger partial charge in [-0.25, -0.2) is 4.98 Å². The van der Waals surface area contributed by atoms with Crippen LogP contribution < -0.4 is 4.90 Å². The molecule has 0 amide bonds. The van der Waals surface area contributed by atoms with Gasteiger partial charge in [0.05, 0.1) is 6.54 Å². The van der Waals surface area contributed by atoms with Crippen LogP contribution in [0.3, 0.4) is 0 Å². The van der Waals surface area contributed by atoms with Gasteiger partial charge in [-0.3, -0.25) is 9.97 Å². The van der Waals surface area contributed by atoms with Crippen LogP contribution in [0, 0.1) is 0 Å². The molecule has 0 unspecified atom stereocenters. The van der Waals surface area contributed by atoms with Gasteiger partial charge in [0.15, 0.2) is 0 Å². The Morgan fingerprint density at radius 3 is 2.54 bits per heavy atom. The molecular weight excluding hydrogens is 298 g/mol. The van der Waals surface area contributed by atoms with Gasteiger partial charge in [0, 0.05) is 61.9 Å². The second-order valence-electron chi connectivity index (χ2n) is 6.24. The van der Waals surface area contributed by atoms with Crippen molar-refractivity contribution in [1.82, 2.24) is 19.5 Å². The third-order valence-corrected chi connectivity index (χ3v) is 4.71. The largest absolute Gasteiger partial charge is 0.371 e. The first-order valence-corrected chi connectivity index (χ1v) is 8.45. The maximum absolute atomic E-state index is 4.65. The van der Waals surface area contributed by atoms with Crippen molar-refractivity contribution in [3.8, 4) is 0 Å². The fourth-order valence-corrected chi connectivity index (χ4v) is 3.45. The van der Waals surface area contributed by atoms with Crippen LogP contribution in [-0.2, 0) is 6.54 Å². The lowest BCUT2D eigenvalue weighted by Crippen LogP contribution is -2.33. The number of rotatable bonds is 4. The summed E-state index contributed by atoms with van der Waals surface area (Å²) >= 11 is 0. The van der Waals surface area contributed by atoms with E-state index in [1.165, 1.54) is 17.1 Å². The van der Waals surface area contributed by atoms with E-state index in [0.717, 1.165) is 32.5 Å². The minimum Gasteiger partial charge on any atom is -0.371 e. The molecule has 0 spiro atoms. The molecule has 1 saturated heterocycles. The zero-order valence-electron chi connectivity index (χ0n) is 13.6. The molecule has 0 aliphatic carbocycles. The summed E-state index contributed by atoms with van der Waals surface area (Å²) in [5, 5.41) is 0. The van der Waals surface area contributed by atoms with Gasteiger partial charge in [-0.1, -0.05) is 6.07 Å². The topological polar surface area (TPSA) is 46.8 Å². The molecule has 1 fully saturated rings. The molecule has 24 heavy (non-hydrogen) atoms. The van der Waals surface area contributed by atoms with Crippen LogP contribution in [0.25, 0.3) is 0 Å². The Bertz CT molecular complexity index is 761. The maximum Gasteiger partial charge on any atom is 0.112 e. The fraction of sp³-hybridized carbons (Fsp3) is 0.316. The molecule has 122 valence electrons. The molecule has 0 radical (unpaired) electrons. The average molecular weight is 319 g/mol. The molecule has 5 heteroatoms. The SMILES string of the molecule is c1cncc(Cn2ccnc2C2CCN(c3ccncc3)CC2)c1. The van der Waals surface area contributed by atoms with Crippen LogP contribution in [0.5, 0.6) is 0 Å². The van der Waals surface area contributed by atoms with Gasteiger partial charge in [0.25, 0.3) is 0 Å². The predicted octanol–water partition coefficient (Wildman–Crippen LogP) is 3.11. The normalized spacial score (nSPS) is 15.6. The molecule has 0 aromatic carbocycles. The van der Waals surface area contributed by atoms with Gasteiger partial charge in [0.2, 0.25) is 0 Å². The number of anilines is 1. The van der Waals surface area contributed by atoms with Crippen LogP contribution in [0.15, 0.2) is 61.4 Å². The van der Waals surface area contributed by atoms with Crippen molar-refractivity contribution in [3.05, 3.63) is 72.8 Å². The van der Waals surface area contributed by atoms with Crippen molar-refractivity contribution in [2.75, 3.05) is 18.0 Å². The van der Waals surface area contributed by atoms with E-state index in [0.29, 0.717) is 5.92 Å². The minimum atomic E-state index is 0.523. The number of nitrogens with zero attached hydrogens (tertiary/aromatic N) is 5. The van der Waals surface area contributed by atoms with E-state index in [4.69, 9.17) is 0 Å². The molecule has 4 heterocycles. The molecule has 0 saturated carbocycles. The highest BCUT2D eigenvalue weighted by atomic mass is 15.1. The highest BCUT2D eigenvalue weighted by Gasteiger charge is 2.24. The summed E-state index contributed by atoms with van der Waals surface area (Å²) in [7, 11) is 0. The summed E-state index contributed by atoms with van der Waals surface area (Å²) in [5.41, 5.74) is 2.48. The van der Waals surface area contributed by atoms with Gasteiger partial charge >= 0.3 is 0 Å². The average Bonchev–Trinajstić information content (AvgIpc) is 3.11. The quantitative estimate of drug-likeness (QED) is 0.741. The number of imidazole rings is 1. The van der Waals surface area contributed by atoms with Crippen molar-refractivity contribution >= 4 is 5.69 Å². The maximum atomic E-state index is 4.65. The van der Waals surface area contributed by atoms with Crippen molar-refractivity contribution in [2.45, 2.75) is 25.3 Å². The Morgan fingerprint density at radius 1 is 0.958 bits per heavy atom. The zero-order chi connectivity index (χ0) is 16.2. The number of hydrogen-bond acceptors (Lipinski definition) is 4. The molecule has 5 nitrogen and oxygen atoms in total. The van der Waals surface area contributed by atoms with Crippen LogP contribution in [0.4, 0.5) is 5.69 Å². The van der Waals surface area contributed by atoms with Crippen LogP contribution in [0.1, 0.15) is 30.1 Å². The van der Waals surface area contributed by atoms with Gasteiger partial charge in [0.1, 0.15) is 5.82 Å². The summed E-state index contributed by atoms with van der Waals surface area (Å²) in [4.78, 5) is 15.4. The fourth-order valence-electron chi connectivity index (χ4n) is 3.45. The molecular formula is C19H21N5. The lowest BCUT2D eigenvalue weighted by atomic mass is 9.95. The van der Waals surface area contributed by atoms with Crippen LogP contribution in [-0.4, -0.2) is 32.6 Å². The molecule has 0 N–H and O–H groups in total. The molecule has 3 aromatic heterocycles. The Kier molecular flexibility index (Phi) is 4.23. The monoisotopic (exact) mass is 319 g/mol. The van der Waals surface area contributed by atoms with E-state index in [-0.39, 0.29) is 0 Å². The minimum absolute atomic E-state index is 0.523. The Morgan fingerprint density at radius 2 is 1.79 bits per heavy atom. The summed E-state index contributed by atoms with van der Waals surface area (Å²) in [6, 6.07) is 8.27. The molecule has 3 aromatic rings. The van der Waals surface area contributed by atoms with Gasteiger partial charge in [-0.2, -0.15) is 0 Å². The van der Waals surface area contributed by atoms with Crippen molar-refractivity contribution in [3.63, 3.8) is 0 Å². The van der Waals surface area contributed by atoms with Gasteiger partial charge in [-0.15, -0.1) is 0 Å². The molecule has 1 aliphatic heterocycles. The third-order valence-electron chi connectivity index (χ3n) is 4.71. The number of hydrogen-bond donors (Lipinski definition) is 0. The second kappa shape index (κ2) is 6.83. The first-order chi connectivity index (χ1) is 11.9. The highest BCUT2D eigenvalue weighted by molar-refractivity contribution is 5.45. The van der Waals surface area contributed by atoms with Crippen molar-refractivity contribution < 1.29 is 0 Å². The second-order valence-corrected chi connectivity index (χ2v) is 6.24. The van der Waals surface area contributed by atoms with E-state index in [2.05, 4.69) is 48.8 Å².